The number of amides is 2. The number of hydrogen-bond donors (Lipinski definition) is 3. The Bertz CT molecular complexity index is 764. The lowest BCUT2D eigenvalue weighted by molar-refractivity contribution is -0.147. The van der Waals surface area contributed by atoms with Gasteiger partial charge in [0.2, 0.25) is 5.91 Å². The highest BCUT2D eigenvalue weighted by Gasteiger charge is 2.39. The van der Waals surface area contributed by atoms with Gasteiger partial charge >= 0.3 is 0 Å². The van der Waals surface area contributed by atoms with E-state index in [-0.39, 0.29) is 18.4 Å². The molecule has 3 rings (SSSR count). The van der Waals surface area contributed by atoms with Gasteiger partial charge in [-0.1, -0.05) is 36.4 Å². The highest BCUT2D eigenvalue weighted by Crippen LogP contribution is 2.23. The molecule has 6 heteroatoms. The number of nitrogens with one attached hydrogen (secondary N) is 3. The smallest absolute Gasteiger partial charge is 0.252 e. The molecule has 0 aliphatic carbocycles. The van der Waals surface area contributed by atoms with Crippen molar-refractivity contribution in [2.45, 2.75) is 18.4 Å². The zero-order valence-electron chi connectivity index (χ0n) is 14.3. The van der Waals surface area contributed by atoms with Gasteiger partial charge in [0.15, 0.2) is 0 Å². The van der Waals surface area contributed by atoms with Gasteiger partial charge in [-0.25, -0.2) is 0 Å². The number of fused-ring (bicyclic) bond motifs is 1. The molecule has 132 valence electrons. The zero-order chi connectivity index (χ0) is 17.7. The second-order valence-corrected chi connectivity index (χ2v) is 6.21. The molecule has 1 aliphatic heterocycles. The molecule has 2 amide bonds. The van der Waals surface area contributed by atoms with Crippen LogP contribution in [0.3, 0.4) is 0 Å². The van der Waals surface area contributed by atoms with E-state index >= 15 is 0 Å². The largest absolute Gasteiger partial charge is 0.368 e. The molecule has 2 aromatic carbocycles. The Morgan fingerprint density at radius 3 is 2.60 bits per heavy atom. The summed E-state index contributed by atoms with van der Waals surface area (Å²) >= 11 is 0. The fourth-order valence-electron chi connectivity index (χ4n) is 3.20. The van der Waals surface area contributed by atoms with Crippen LogP contribution in [0.5, 0.6) is 0 Å². The van der Waals surface area contributed by atoms with E-state index in [0.29, 0.717) is 12.8 Å². The van der Waals surface area contributed by atoms with Crippen molar-refractivity contribution in [2.24, 2.45) is 0 Å². The van der Waals surface area contributed by atoms with Crippen LogP contribution < -0.4 is 16.0 Å². The van der Waals surface area contributed by atoms with Crippen molar-refractivity contribution in [2.75, 3.05) is 32.1 Å². The summed E-state index contributed by atoms with van der Waals surface area (Å²) in [6.45, 7) is 1.37. The molecule has 1 saturated heterocycles. The zero-order valence-corrected chi connectivity index (χ0v) is 14.3. The van der Waals surface area contributed by atoms with E-state index in [1.165, 1.54) is 0 Å². The Kier molecular flexibility index (Phi) is 5.31. The Balaban J connectivity index is 1.62. The average Bonchev–Trinajstić information content (AvgIpc) is 2.67. The molecule has 3 N–H and O–H groups in total. The minimum absolute atomic E-state index is 0.0827. The van der Waals surface area contributed by atoms with Crippen molar-refractivity contribution in [3.8, 4) is 0 Å². The van der Waals surface area contributed by atoms with Gasteiger partial charge in [-0.2, -0.15) is 0 Å². The molecule has 0 radical (unpaired) electrons. The van der Waals surface area contributed by atoms with E-state index in [1.54, 1.807) is 7.11 Å². The van der Waals surface area contributed by atoms with Gasteiger partial charge in [0.25, 0.3) is 5.91 Å². The van der Waals surface area contributed by atoms with Crippen molar-refractivity contribution in [3.05, 3.63) is 42.5 Å². The topological polar surface area (TPSA) is 79.5 Å². The fraction of sp³-hybridized carbons (Fsp3) is 0.368. The van der Waals surface area contributed by atoms with Crippen molar-refractivity contribution in [3.63, 3.8) is 0 Å². The second-order valence-electron chi connectivity index (χ2n) is 6.21. The van der Waals surface area contributed by atoms with Gasteiger partial charge in [0.05, 0.1) is 6.54 Å². The number of carbonyl (C=O) groups is 2. The SMILES string of the molecule is COC1(C(=O)NCC(=O)Nc2cccc3ccccc23)CCNCC1. The molecule has 6 nitrogen and oxygen atoms in total. The standard InChI is InChI=1S/C19H23N3O3/c1-25-19(9-11-20-12-10-19)18(24)21-13-17(23)22-16-8-4-6-14-5-2-3-7-15(14)16/h2-8,20H,9-13H2,1H3,(H,21,24)(H,22,23). The number of ether oxygens (including phenoxy) is 1. The summed E-state index contributed by atoms with van der Waals surface area (Å²) in [6.07, 6.45) is 1.19. The fourth-order valence-corrected chi connectivity index (χ4v) is 3.20. The summed E-state index contributed by atoms with van der Waals surface area (Å²) in [5.74, 6) is -0.491. The Morgan fingerprint density at radius 1 is 1.12 bits per heavy atom. The lowest BCUT2D eigenvalue weighted by atomic mass is 9.91. The highest BCUT2D eigenvalue weighted by atomic mass is 16.5. The number of rotatable bonds is 5. The van der Waals surface area contributed by atoms with Crippen LogP contribution in [0, 0.1) is 0 Å². The Hall–Kier alpha value is -2.44. The Labute approximate surface area is 146 Å². The monoisotopic (exact) mass is 341 g/mol. The van der Waals surface area contributed by atoms with E-state index < -0.39 is 5.60 Å². The van der Waals surface area contributed by atoms with E-state index in [1.807, 2.05) is 42.5 Å². The van der Waals surface area contributed by atoms with Gasteiger partial charge in [-0.15, -0.1) is 0 Å². The minimum Gasteiger partial charge on any atom is -0.368 e. The predicted octanol–water partition coefficient (Wildman–Crippen LogP) is 1.66. The molecular formula is C19H23N3O3. The number of piperidine rings is 1. The first-order valence-corrected chi connectivity index (χ1v) is 8.46. The van der Waals surface area contributed by atoms with Crippen LogP contribution in [0.1, 0.15) is 12.8 Å². The average molecular weight is 341 g/mol. The summed E-state index contributed by atoms with van der Waals surface area (Å²) in [7, 11) is 1.54. The van der Waals surface area contributed by atoms with Crippen LogP contribution in [0.25, 0.3) is 10.8 Å². The lowest BCUT2D eigenvalue weighted by Gasteiger charge is -2.34. The summed E-state index contributed by atoms with van der Waals surface area (Å²) < 4.78 is 5.47. The van der Waals surface area contributed by atoms with Crippen LogP contribution in [-0.4, -0.2) is 44.2 Å². The summed E-state index contributed by atoms with van der Waals surface area (Å²) in [6, 6.07) is 13.6. The van der Waals surface area contributed by atoms with Gasteiger partial charge in [-0.05, 0) is 37.4 Å². The molecule has 0 spiro atoms. The van der Waals surface area contributed by atoms with Gasteiger partial charge < -0.3 is 20.7 Å². The second kappa shape index (κ2) is 7.63. The molecule has 0 saturated carbocycles. The molecular weight excluding hydrogens is 318 g/mol. The number of hydrogen-bond acceptors (Lipinski definition) is 4. The molecule has 1 aliphatic rings. The number of anilines is 1. The Morgan fingerprint density at radius 2 is 1.84 bits per heavy atom. The maximum atomic E-state index is 12.5. The van der Waals surface area contributed by atoms with Gasteiger partial charge in [0.1, 0.15) is 5.60 Å². The van der Waals surface area contributed by atoms with Crippen LogP contribution in [0.15, 0.2) is 42.5 Å². The van der Waals surface area contributed by atoms with Crippen LogP contribution in [0.4, 0.5) is 5.69 Å². The first kappa shape index (κ1) is 17.4. The maximum Gasteiger partial charge on any atom is 0.252 e. The number of carbonyl (C=O) groups excluding carboxylic acids is 2. The molecule has 2 aromatic rings. The third-order valence-corrected chi connectivity index (χ3v) is 4.69. The first-order chi connectivity index (χ1) is 12.1. The molecule has 1 fully saturated rings. The molecule has 25 heavy (non-hydrogen) atoms. The molecule has 0 atom stereocenters. The van der Waals surface area contributed by atoms with E-state index in [0.717, 1.165) is 29.5 Å². The third kappa shape index (κ3) is 3.81. The highest BCUT2D eigenvalue weighted by molar-refractivity contribution is 6.03. The van der Waals surface area contributed by atoms with Crippen molar-refractivity contribution in [1.29, 1.82) is 0 Å². The van der Waals surface area contributed by atoms with E-state index in [4.69, 9.17) is 4.74 Å². The van der Waals surface area contributed by atoms with Gasteiger partial charge in [-0.3, -0.25) is 9.59 Å². The third-order valence-electron chi connectivity index (χ3n) is 4.69. The van der Waals surface area contributed by atoms with Crippen molar-refractivity contribution in [1.82, 2.24) is 10.6 Å². The first-order valence-electron chi connectivity index (χ1n) is 8.46. The van der Waals surface area contributed by atoms with Gasteiger partial charge in [0, 0.05) is 18.2 Å². The summed E-state index contributed by atoms with van der Waals surface area (Å²) in [5, 5.41) is 10.8. The number of methoxy groups -OCH3 is 1. The van der Waals surface area contributed by atoms with Crippen LogP contribution in [-0.2, 0) is 14.3 Å². The van der Waals surface area contributed by atoms with Crippen molar-refractivity contribution >= 4 is 28.3 Å². The molecule has 0 unspecified atom stereocenters. The molecule has 1 heterocycles. The maximum absolute atomic E-state index is 12.5. The van der Waals surface area contributed by atoms with Crippen molar-refractivity contribution < 1.29 is 14.3 Å². The van der Waals surface area contributed by atoms with E-state index in [2.05, 4.69) is 16.0 Å². The lowest BCUT2D eigenvalue weighted by Crippen LogP contribution is -2.55. The normalized spacial score (nSPS) is 16.4. The van der Waals surface area contributed by atoms with E-state index in [9.17, 15) is 9.59 Å². The quantitative estimate of drug-likeness (QED) is 0.773. The van der Waals surface area contributed by atoms with Crippen LogP contribution >= 0.6 is 0 Å². The molecule has 0 bridgehead atoms. The van der Waals surface area contributed by atoms with Crippen LogP contribution in [0.2, 0.25) is 0 Å². The minimum atomic E-state index is -0.842. The summed E-state index contributed by atoms with van der Waals surface area (Å²) in [5.41, 5.74) is -0.106. The summed E-state index contributed by atoms with van der Waals surface area (Å²) in [4.78, 5) is 24.7. The predicted molar refractivity (Wildman–Crippen MR) is 97.4 cm³/mol. The number of benzene rings is 2. The molecule has 0 aromatic heterocycles.